The van der Waals surface area contributed by atoms with Gasteiger partial charge in [-0.3, -0.25) is 4.79 Å². The number of carbonyl (C=O) groups excluding carboxylic acids is 1. The van der Waals surface area contributed by atoms with Gasteiger partial charge in [-0.1, -0.05) is 59.1 Å². The Hall–Kier alpha value is -0.540. The van der Waals surface area contributed by atoms with Crippen molar-refractivity contribution in [2.45, 2.75) is 90.5 Å². The summed E-state index contributed by atoms with van der Waals surface area (Å²) in [4.78, 5) is 15.6. The van der Waals surface area contributed by atoms with E-state index in [-0.39, 0.29) is 16.8 Å². The second-order valence-corrected chi connectivity index (χ2v) is 11.5. The molecule has 3 aliphatic rings. The molecule has 166 valence electrons. The molecule has 2 fully saturated rings. The third-order valence-corrected chi connectivity index (χ3v) is 8.13. The van der Waals surface area contributed by atoms with Crippen molar-refractivity contribution in [3.8, 4) is 0 Å². The van der Waals surface area contributed by atoms with E-state index in [2.05, 4.69) is 50.1 Å². The highest BCUT2D eigenvalue weighted by molar-refractivity contribution is 6.21. The first-order chi connectivity index (χ1) is 13.8. The van der Waals surface area contributed by atoms with Crippen molar-refractivity contribution < 1.29 is 4.79 Å². The maximum atomic E-state index is 13.5. The lowest BCUT2D eigenvalue weighted by Gasteiger charge is -2.48. The van der Waals surface area contributed by atoms with Crippen LogP contribution in [-0.4, -0.2) is 41.9 Å². The molecular weight excluding hydrogens is 380 g/mol. The number of hydrogen-bond acceptors (Lipinski definition) is 2. The number of carbonyl (C=O) groups is 1. The molecule has 0 bridgehead atoms. The molecule has 1 amide bonds. The summed E-state index contributed by atoms with van der Waals surface area (Å²) in [5.41, 5.74) is 0.146. The molecule has 1 heterocycles. The molecular formula is C25H43ClN2O. The fraction of sp³-hybridized carbons (Fsp3) is 0.880. The summed E-state index contributed by atoms with van der Waals surface area (Å²) in [6.07, 6.45) is 14.7. The normalized spacial score (nSPS) is 31.8. The molecule has 0 aromatic rings. The van der Waals surface area contributed by atoms with E-state index in [0.29, 0.717) is 23.7 Å². The highest BCUT2D eigenvalue weighted by atomic mass is 35.5. The highest BCUT2D eigenvalue weighted by Crippen LogP contribution is 2.43. The Kier molecular flexibility index (Phi) is 8.12. The van der Waals surface area contributed by atoms with Gasteiger partial charge in [0.1, 0.15) is 0 Å². The standard InChI is InChI=1S/C25H43ClN2O/c1-18(2)23(27-16-19-8-6-5-7-9-19)24(29)28-15-14-22(25(3,4)17-28)20-10-12-21(26)13-11-20/h10,12,18-23,27H,5-9,11,13-17H2,1-4H3/t20?,21?,22?,23-/m1/s1. The van der Waals surface area contributed by atoms with Crippen molar-refractivity contribution in [1.29, 1.82) is 0 Å². The number of likely N-dealkylation sites (tertiary alicyclic amines) is 1. The minimum absolute atomic E-state index is 0.0455. The zero-order valence-electron chi connectivity index (χ0n) is 19.1. The number of hydrogen-bond donors (Lipinski definition) is 1. The number of amides is 1. The van der Waals surface area contributed by atoms with Crippen molar-refractivity contribution >= 4 is 17.5 Å². The van der Waals surface area contributed by atoms with Crippen LogP contribution >= 0.6 is 11.6 Å². The number of halogens is 1. The molecule has 0 aromatic heterocycles. The Bertz CT molecular complexity index is 567. The average Bonchev–Trinajstić information content (AvgIpc) is 2.68. The minimum atomic E-state index is -0.0455. The molecule has 4 heteroatoms. The van der Waals surface area contributed by atoms with Gasteiger partial charge < -0.3 is 10.2 Å². The van der Waals surface area contributed by atoms with E-state index in [1.54, 1.807) is 0 Å². The van der Waals surface area contributed by atoms with Gasteiger partial charge >= 0.3 is 0 Å². The van der Waals surface area contributed by atoms with Gasteiger partial charge in [-0.15, -0.1) is 11.6 Å². The van der Waals surface area contributed by atoms with Crippen LogP contribution in [0.1, 0.15) is 79.1 Å². The second-order valence-electron chi connectivity index (χ2n) is 10.9. The molecule has 3 rings (SSSR count). The van der Waals surface area contributed by atoms with E-state index in [1.807, 2.05) is 0 Å². The highest BCUT2D eigenvalue weighted by Gasteiger charge is 2.42. The summed E-state index contributed by atoms with van der Waals surface area (Å²) < 4.78 is 0. The number of nitrogens with one attached hydrogen (secondary N) is 1. The van der Waals surface area contributed by atoms with E-state index in [4.69, 9.17) is 11.6 Å². The molecule has 0 radical (unpaired) electrons. The summed E-state index contributed by atoms with van der Waals surface area (Å²) in [5.74, 6) is 2.65. The Labute approximate surface area is 184 Å². The van der Waals surface area contributed by atoms with Crippen molar-refractivity contribution in [3.05, 3.63) is 12.2 Å². The molecule has 1 saturated carbocycles. The number of piperidine rings is 1. The van der Waals surface area contributed by atoms with Crippen LogP contribution < -0.4 is 5.32 Å². The van der Waals surface area contributed by atoms with E-state index < -0.39 is 0 Å². The number of alkyl halides is 1. The van der Waals surface area contributed by atoms with Gasteiger partial charge in [-0.2, -0.15) is 0 Å². The molecule has 0 spiro atoms. The fourth-order valence-electron chi connectivity index (χ4n) is 5.99. The monoisotopic (exact) mass is 422 g/mol. The smallest absolute Gasteiger partial charge is 0.239 e. The molecule has 1 N–H and O–H groups in total. The predicted octanol–water partition coefficient (Wildman–Crippen LogP) is 5.63. The zero-order chi connectivity index (χ0) is 21.0. The van der Waals surface area contributed by atoms with Gasteiger partial charge in [0, 0.05) is 13.1 Å². The SMILES string of the molecule is CC(C)[C@@H](NCC1CCCCC1)C(=O)N1CCC(C2C=CC(Cl)CC2)C(C)(C)C1. The summed E-state index contributed by atoms with van der Waals surface area (Å²) in [5, 5.41) is 3.88. The molecule has 1 aliphatic heterocycles. The van der Waals surface area contributed by atoms with Crippen LogP contribution in [0.5, 0.6) is 0 Å². The Morgan fingerprint density at radius 3 is 2.41 bits per heavy atom. The number of rotatable bonds is 6. The maximum Gasteiger partial charge on any atom is 0.239 e. The maximum absolute atomic E-state index is 13.5. The summed E-state index contributed by atoms with van der Waals surface area (Å²) >= 11 is 6.26. The Balaban J connectivity index is 1.58. The van der Waals surface area contributed by atoms with Crippen LogP contribution in [0.3, 0.4) is 0 Å². The van der Waals surface area contributed by atoms with Crippen LogP contribution in [0, 0.1) is 29.1 Å². The van der Waals surface area contributed by atoms with E-state index in [1.165, 1.54) is 38.5 Å². The van der Waals surface area contributed by atoms with Gasteiger partial charge in [0.25, 0.3) is 0 Å². The lowest BCUT2D eigenvalue weighted by atomic mass is 9.65. The lowest BCUT2D eigenvalue weighted by molar-refractivity contribution is -0.139. The van der Waals surface area contributed by atoms with Gasteiger partial charge in [0.15, 0.2) is 0 Å². The van der Waals surface area contributed by atoms with Crippen molar-refractivity contribution in [1.82, 2.24) is 10.2 Å². The van der Waals surface area contributed by atoms with Crippen LogP contribution in [0.15, 0.2) is 12.2 Å². The van der Waals surface area contributed by atoms with E-state index in [0.717, 1.165) is 38.4 Å². The van der Waals surface area contributed by atoms with Crippen molar-refractivity contribution in [3.63, 3.8) is 0 Å². The molecule has 29 heavy (non-hydrogen) atoms. The Morgan fingerprint density at radius 2 is 1.83 bits per heavy atom. The molecule has 0 aromatic carbocycles. The van der Waals surface area contributed by atoms with Crippen molar-refractivity contribution in [2.24, 2.45) is 29.1 Å². The number of nitrogens with zero attached hydrogens (tertiary/aromatic N) is 1. The second kappa shape index (κ2) is 10.2. The van der Waals surface area contributed by atoms with Gasteiger partial charge in [0.2, 0.25) is 5.91 Å². The molecule has 3 nitrogen and oxygen atoms in total. The van der Waals surface area contributed by atoms with E-state index in [9.17, 15) is 4.79 Å². The van der Waals surface area contributed by atoms with Crippen LogP contribution in [-0.2, 0) is 4.79 Å². The quantitative estimate of drug-likeness (QED) is 0.444. The fourth-order valence-corrected chi connectivity index (χ4v) is 6.20. The van der Waals surface area contributed by atoms with Gasteiger partial charge in [0.05, 0.1) is 11.4 Å². The molecule has 4 atom stereocenters. The molecule has 3 unspecified atom stereocenters. The topological polar surface area (TPSA) is 32.3 Å². The first-order valence-corrected chi connectivity index (χ1v) is 12.6. The van der Waals surface area contributed by atoms with Crippen molar-refractivity contribution in [2.75, 3.05) is 19.6 Å². The Morgan fingerprint density at radius 1 is 1.10 bits per heavy atom. The van der Waals surface area contributed by atoms with Gasteiger partial charge in [-0.25, -0.2) is 0 Å². The van der Waals surface area contributed by atoms with Crippen LogP contribution in [0.4, 0.5) is 0 Å². The summed E-state index contributed by atoms with van der Waals surface area (Å²) in [7, 11) is 0. The average molecular weight is 423 g/mol. The van der Waals surface area contributed by atoms with Crippen LogP contribution in [0.25, 0.3) is 0 Å². The summed E-state index contributed by atoms with van der Waals surface area (Å²) in [6.45, 7) is 11.9. The minimum Gasteiger partial charge on any atom is -0.341 e. The summed E-state index contributed by atoms with van der Waals surface area (Å²) in [6, 6.07) is -0.0455. The largest absolute Gasteiger partial charge is 0.341 e. The third-order valence-electron chi connectivity index (χ3n) is 7.77. The molecule has 1 saturated heterocycles. The zero-order valence-corrected chi connectivity index (χ0v) is 19.9. The number of allylic oxidation sites excluding steroid dienone is 2. The van der Waals surface area contributed by atoms with E-state index >= 15 is 0 Å². The lowest BCUT2D eigenvalue weighted by Crippen LogP contribution is -2.56. The first-order valence-electron chi connectivity index (χ1n) is 12.1. The third kappa shape index (κ3) is 6.00. The predicted molar refractivity (Wildman–Crippen MR) is 123 cm³/mol. The van der Waals surface area contributed by atoms with Crippen LogP contribution in [0.2, 0.25) is 0 Å². The molecule has 2 aliphatic carbocycles. The van der Waals surface area contributed by atoms with Gasteiger partial charge in [-0.05, 0) is 67.7 Å². The first kappa shape index (κ1) is 23.1.